The topological polar surface area (TPSA) is 9.23 Å². The van der Waals surface area contributed by atoms with Gasteiger partial charge in [-0.05, 0) is 47.9 Å². The molecule has 0 unspecified atom stereocenters. The summed E-state index contributed by atoms with van der Waals surface area (Å²) in [7, 11) is 1.74. The zero-order valence-corrected chi connectivity index (χ0v) is 17.8. The van der Waals surface area contributed by atoms with Crippen LogP contribution in [0.3, 0.4) is 0 Å². The van der Waals surface area contributed by atoms with E-state index in [2.05, 4.69) is 68.4 Å². The number of methoxy groups -OCH3 is 1. The average molecular weight is 452 g/mol. The molecule has 2 heteroatoms. The van der Waals surface area contributed by atoms with Gasteiger partial charge in [0.15, 0.2) is 0 Å². The van der Waals surface area contributed by atoms with Crippen LogP contribution < -0.4 is 4.74 Å². The molecule has 25 heavy (non-hydrogen) atoms. The van der Waals surface area contributed by atoms with Crippen LogP contribution in [0.1, 0.15) is 11.1 Å². The van der Waals surface area contributed by atoms with Gasteiger partial charge in [-0.15, -0.1) is 16.8 Å². The van der Waals surface area contributed by atoms with Crippen molar-refractivity contribution in [1.82, 2.24) is 0 Å². The Morgan fingerprint density at radius 3 is 2.32 bits per heavy atom. The van der Waals surface area contributed by atoms with E-state index in [-0.39, 0.29) is 41.7 Å². The molecule has 0 aromatic heterocycles. The minimum absolute atomic E-state index is 0. The van der Waals surface area contributed by atoms with Crippen molar-refractivity contribution in [3.63, 3.8) is 0 Å². The first-order valence-electron chi connectivity index (χ1n) is 8.15. The van der Waals surface area contributed by atoms with Crippen LogP contribution in [0, 0.1) is 61.7 Å². The van der Waals surface area contributed by atoms with Gasteiger partial charge >= 0.3 is 0 Å². The Bertz CT molecular complexity index is 1070. The van der Waals surface area contributed by atoms with Gasteiger partial charge in [0.05, 0.1) is 7.11 Å². The number of rotatable bonds is 2. The van der Waals surface area contributed by atoms with Crippen molar-refractivity contribution in [2.45, 2.75) is 13.8 Å². The fraction of sp³-hybridized carbons (Fsp3) is 0.130. The third kappa shape index (κ3) is 3.46. The first-order valence-corrected chi connectivity index (χ1v) is 8.15. The third-order valence-corrected chi connectivity index (χ3v) is 4.63. The van der Waals surface area contributed by atoms with Crippen LogP contribution in [-0.4, -0.2) is 7.11 Å². The minimum Gasteiger partial charge on any atom is -0.496 e. The second-order valence-electron chi connectivity index (χ2n) is 6.34. The molecule has 0 heterocycles. The maximum Gasteiger partial charge on any atom is 0.127 e. The Morgan fingerprint density at radius 2 is 1.52 bits per heavy atom. The van der Waals surface area contributed by atoms with Gasteiger partial charge in [-0.3, -0.25) is 0 Å². The van der Waals surface area contributed by atoms with Gasteiger partial charge in [0, 0.05) is 47.3 Å². The van der Waals surface area contributed by atoms with Crippen molar-refractivity contribution in [3.05, 3.63) is 77.9 Å². The van der Waals surface area contributed by atoms with E-state index in [1.165, 1.54) is 38.2 Å². The molecule has 0 saturated carbocycles. The second-order valence-corrected chi connectivity index (χ2v) is 6.34. The molecule has 0 saturated heterocycles. The molecule has 0 aliphatic heterocycles. The SMILES string of the molecule is COc1cc2ccc(C)cc2cc1-c1cc2c[c-]ccc2cc1C.[Ce]. The molecule has 122 valence electrons. The average Bonchev–Trinajstić information content (AvgIpc) is 2.60. The largest absolute Gasteiger partial charge is 0.496 e. The van der Waals surface area contributed by atoms with Crippen LogP contribution in [-0.2, 0) is 0 Å². The zero-order chi connectivity index (χ0) is 16.7. The molecular weight excluding hydrogens is 432 g/mol. The summed E-state index contributed by atoms with van der Waals surface area (Å²) in [6.07, 6.45) is 0. The normalized spacial score (nSPS) is 10.7. The maximum atomic E-state index is 5.70. The first-order chi connectivity index (χ1) is 11.7. The van der Waals surface area contributed by atoms with Gasteiger partial charge < -0.3 is 4.74 Å². The number of ether oxygens (including phenoxy) is 1. The van der Waals surface area contributed by atoms with Crippen molar-refractivity contribution < 1.29 is 46.5 Å². The predicted molar refractivity (Wildman–Crippen MR) is 102 cm³/mol. The van der Waals surface area contributed by atoms with Crippen LogP contribution in [0.15, 0.2) is 60.7 Å². The van der Waals surface area contributed by atoms with Crippen molar-refractivity contribution in [2.24, 2.45) is 0 Å². The fourth-order valence-corrected chi connectivity index (χ4v) is 3.36. The minimum atomic E-state index is 0. The van der Waals surface area contributed by atoms with Gasteiger partial charge in [-0.1, -0.05) is 29.8 Å². The Balaban J connectivity index is 0.00000182. The van der Waals surface area contributed by atoms with E-state index in [0.717, 1.165) is 11.3 Å². The van der Waals surface area contributed by atoms with E-state index in [9.17, 15) is 0 Å². The Morgan fingerprint density at radius 1 is 0.760 bits per heavy atom. The first kappa shape index (κ1) is 18.4. The number of hydrogen-bond donors (Lipinski definition) is 0. The van der Waals surface area contributed by atoms with Gasteiger partial charge in [0.1, 0.15) is 5.75 Å². The van der Waals surface area contributed by atoms with Crippen LogP contribution in [0.5, 0.6) is 5.75 Å². The molecule has 0 atom stereocenters. The van der Waals surface area contributed by atoms with Crippen molar-refractivity contribution in [2.75, 3.05) is 7.11 Å². The van der Waals surface area contributed by atoms with Gasteiger partial charge in [0.2, 0.25) is 0 Å². The summed E-state index contributed by atoms with van der Waals surface area (Å²) in [6.45, 7) is 4.28. The molecule has 4 aromatic carbocycles. The summed E-state index contributed by atoms with van der Waals surface area (Å²) in [6, 6.07) is 24.6. The van der Waals surface area contributed by atoms with Crippen LogP contribution in [0.25, 0.3) is 32.7 Å². The summed E-state index contributed by atoms with van der Waals surface area (Å²) < 4.78 is 5.70. The molecule has 1 nitrogen and oxygen atoms in total. The summed E-state index contributed by atoms with van der Waals surface area (Å²) in [5, 5.41) is 4.88. The Hall–Kier alpha value is -1.42. The monoisotopic (exact) mass is 451 g/mol. The van der Waals surface area contributed by atoms with Crippen molar-refractivity contribution in [1.29, 1.82) is 0 Å². The summed E-state index contributed by atoms with van der Waals surface area (Å²) >= 11 is 0. The second kappa shape index (κ2) is 7.44. The van der Waals surface area contributed by atoms with Crippen molar-refractivity contribution >= 4 is 21.5 Å². The smallest absolute Gasteiger partial charge is 0.127 e. The molecule has 0 radical (unpaired) electrons. The molecule has 0 spiro atoms. The molecule has 4 aromatic rings. The number of fused-ring (bicyclic) bond motifs is 2. The summed E-state index contributed by atoms with van der Waals surface area (Å²) in [5.74, 6) is 0.911. The number of aryl methyl sites for hydroxylation is 2. The quantitative estimate of drug-likeness (QED) is 0.335. The molecular formula is C23H19CeO-. The predicted octanol–water partition coefficient (Wildman–Crippen LogP) is 6.09. The molecule has 0 aliphatic rings. The summed E-state index contributed by atoms with van der Waals surface area (Å²) in [4.78, 5) is 0. The van der Waals surface area contributed by atoms with Gasteiger partial charge in [0.25, 0.3) is 0 Å². The van der Waals surface area contributed by atoms with E-state index in [1.807, 2.05) is 12.1 Å². The van der Waals surface area contributed by atoms with E-state index < -0.39 is 0 Å². The molecule has 0 bridgehead atoms. The molecule has 0 fully saturated rings. The summed E-state index contributed by atoms with van der Waals surface area (Å²) in [5.41, 5.74) is 4.86. The van der Waals surface area contributed by atoms with Gasteiger partial charge in [-0.2, -0.15) is 24.3 Å². The standard InChI is InChI=1S/C23H19O.Ce/c1-15-8-9-19-14-23(24-3)22(13-20(19)10-15)21-12-18-7-5-4-6-17(18)11-16(21)2;/h4,6-14H,1-3H3;/q-1;. The molecule has 0 aliphatic carbocycles. The molecule has 4 rings (SSSR count). The third-order valence-electron chi connectivity index (χ3n) is 4.63. The zero-order valence-electron chi connectivity index (χ0n) is 14.7. The molecule has 0 N–H and O–H groups in total. The van der Waals surface area contributed by atoms with E-state index in [0.29, 0.717) is 0 Å². The van der Waals surface area contributed by atoms with Crippen LogP contribution >= 0.6 is 0 Å². The number of hydrogen-bond acceptors (Lipinski definition) is 1. The van der Waals surface area contributed by atoms with E-state index >= 15 is 0 Å². The Labute approximate surface area is 182 Å². The van der Waals surface area contributed by atoms with E-state index in [1.54, 1.807) is 7.11 Å². The van der Waals surface area contributed by atoms with Crippen LogP contribution in [0.4, 0.5) is 0 Å². The fourth-order valence-electron chi connectivity index (χ4n) is 3.36. The maximum absolute atomic E-state index is 5.70. The van der Waals surface area contributed by atoms with E-state index in [4.69, 9.17) is 4.74 Å². The number of benzene rings is 4. The van der Waals surface area contributed by atoms with Gasteiger partial charge in [-0.25, -0.2) is 0 Å². The van der Waals surface area contributed by atoms with Crippen LogP contribution in [0.2, 0.25) is 0 Å². The van der Waals surface area contributed by atoms with Crippen molar-refractivity contribution in [3.8, 4) is 16.9 Å². The molecule has 0 amide bonds. The Kier molecular flexibility index (Phi) is 5.47.